The van der Waals surface area contributed by atoms with Crippen molar-refractivity contribution in [2.75, 3.05) is 46.5 Å². The number of nitrogens with zero attached hydrogens (tertiary/aromatic N) is 2. The largest absolute Gasteiger partial charge is 0.487 e. The van der Waals surface area contributed by atoms with E-state index in [2.05, 4.69) is 24.1 Å². The molecule has 1 atom stereocenters. The van der Waals surface area contributed by atoms with Crippen molar-refractivity contribution in [1.82, 2.24) is 10.2 Å². The van der Waals surface area contributed by atoms with Crippen LogP contribution in [0.3, 0.4) is 0 Å². The van der Waals surface area contributed by atoms with Gasteiger partial charge in [0.15, 0.2) is 5.96 Å². The molecule has 6 nitrogen and oxygen atoms in total. The number of guanidine groups is 1. The second-order valence-corrected chi connectivity index (χ2v) is 7.58. The molecule has 1 saturated heterocycles. The van der Waals surface area contributed by atoms with E-state index in [1.165, 1.54) is 0 Å². The van der Waals surface area contributed by atoms with E-state index in [0.717, 1.165) is 64.5 Å². The number of methoxy groups -OCH3 is 1. The van der Waals surface area contributed by atoms with E-state index in [0.29, 0.717) is 23.4 Å². The van der Waals surface area contributed by atoms with E-state index >= 15 is 0 Å². The van der Waals surface area contributed by atoms with E-state index < -0.39 is 0 Å². The first-order chi connectivity index (χ1) is 14.2. The summed E-state index contributed by atoms with van der Waals surface area (Å²) in [6, 6.07) is 7.58. The molecular weight excluding hydrogens is 517 g/mol. The Morgan fingerprint density at radius 3 is 2.60 bits per heavy atom. The van der Waals surface area contributed by atoms with E-state index in [1.54, 1.807) is 7.11 Å². The van der Waals surface area contributed by atoms with Gasteiger partial charge >= 0.3 is 0 Å². The molecule has 8 heteroatoms. The molecule has 0 aliphatic carbocycles. The zero-order valence-corrected chi connectivity index (χ0v) is 21.5. The lowest BCUT2D eigenvalue weighted by Gasteiger charge is -2.34. The summed E-state index contributed by atoms with van der Waals surface area (Å²) in [5, 5.41) is 4.05. The van der Waals surface area contributed by atoms with Crippen LogP contribution in [0.1, 0.15) is 39.5 Å². The summed E-state index contributed by atoms with van der Waals surface area (Å²) in [5.41, 5.74) is 0. The Kier molecular flexibility index (Phi) is 14.5. The molecule has 0 aromatic heterocycles. The molecule has 1 heterocycles. The van der Waals surface area contributed by atoms with Gasteiger partial charge in [-0.2, -0.15) is 0 Å². The second kappa shape index (κ2) is 15.9. The molecule has 0 radical (unpaired) electrons. The first-order valence-electron chi connectivity index (χ1n) is 10.7. The van der Waals surface area contributed by atoms with Crippen LogP contribution in [0, 0.1) is 0 Å². The minimum Gasteiger partial charge on any atom is -0.487 e. The lowest BCUT2D eigenvalue weighted by Crippen LogP contribution is -2.47. The van der Waals surface area contributed by atoms with Crippen LogP contribution < -0.4 is 10.1 Å². The molecule has 0 bridgehead atoms. The van der Waals surface area contributed by atoms with Gasteiger partial charge in [0.05, 0.1) is 17.7 Å². The SMILES string of the molecule is CCNC(=NCC(CC)Oc1ccccc1Cl)N1CCC(OCCCOC)CC1.I. The van der Waals surface area contributed by atoms with Crippen LogP contribution in [-0.4, -0.2) is 69.6 Å². The van der Waals surface area contributed by atoms with Crippen molar-refractivity contribution in [2.45, 2.75) is 51.7 Å². The van der Waals surface area contributed by atoms with Crippen molar-refractivity contribution in [3.8, 4) is 5.75 Å². The average Bonchev–Trinajstić information content (AvgIpc) is 2.75. The summed E-state index contributed by atoms with van der Waals surface area (Å²) in [5.74, 6) is 1.67. The highest BCUT2D eigenvalue weighted by molar-refractivity contribution is 14.0. The zero-order valence-electron chi connectivity index (χ0n) is 18.4. The summed E-state index contributed by atoms with van der Waals surface area (Å²) in [6.45, 7) is 9.06. The van der Waals surface area contributed by atoms with Crippen LogP contribution in [0.4, 0.5) is 0 Å². The number of likely N-dealkylation sites (tertiary alicyclic amines) is 1. The van der Waals surface area contributed by atoms with Crippen LogP contribution in [0.2, 0.25) is 5.02 Å². The van der Waals surface area contributed by atoms with Crippen LogP contribution in [0.15, 0.2) is 29.3 Å². The number of ether oxygens (including phenoxy) is 3. The van der Waals surface area contributed by atoms with Crippen molar-refractivity contribution < 1.29 is 14.2 Å². The van der Waals surface area contributed by atoms with Gasteiger partial charge < -0.3 is 24.4 Å². The Morgan fingerprint density at radius 1 is 1.23 bits per heavy atom. The monoisotopic (exact) mass is 553 g/mol. The molecule has 1 N–H and O–H groups in total. The number of nitrogens with one attached hydrogen (secondary N) is 1. The molecule has 30 heavy (non-hydrogen) atoms. The lowest BCUT2D eigenvalue weighted by molar-refractivity contribution is 0.00987. The Morgan fingerprint density at radius 2 is 1.97 bits per heavy atom. The van der Waals surface area contributed by atoms with E-state index in [4.69, 9.17) is 30.8 Å². The molecule has 1 aromatic rings. The number of rotatable bonds is 11. The standard InChI is InChI=1S/C22H36ClN3O3.HI/c1-4-18(29-21-10-7-6-9-20(21)23)17-25-22(24-5-2)26-13-11-19(12-14-26)28-16-8-15-27-3;/h6-7,9-10,18-19H,4-5,8,11-17H2,1-3H3,(H,24,25);1H. The van der Waals surface area contributed by atoms with Gasteiger partial charge in [-0.15, -0.1) is 24.0 Å². The van der Waals surface area contributed by atoms with Crippen molar-refractivity contribution in [3.63, 3.8) is 0 Å². The van der Waals surface area contributed by atoms with Gasteiger partial charge in [-0.05, 0) is 44.7 Å². The maximum atomic E-state index is 6.23. The number of hydrogen-bond acceptors (Lipinski definition) is 4. The first-order valence-corrected chi connectivity index (χ1v) is 11.1. The summed E-state index contributed by atoms with van der Waals surface area (Å²) in [7, 11) is 1.72. The molecular formula is C22H37ClIN3O3. The van der Waals surface area contributed by atoms with Gasteiger partial charge in [0.1, 0.15) is 11.9 Å². The molecule has 172 valence electrons. The Hall–Kier alpha value is -0.770. The third-order valence-corrected chi connectivity index (χ3v) is 5.27. The molecule has 1 aliphatic heterocycles. The van der Waals surface area contributed by atoms with Crippen LogP contribution in [-0.2, 0) is 9.47 Å². The molecule has 2 rings (SSSR count). The quantitative estimate of drug-likeness (QED) is 0.188. The van der Waals surface area contributed by atoms with Crippen LogP contribution in [0.25, 0.3) is 0 Å². The van der Waals surface area contributed by atoms with E-state index in [1.807, 2.05) is 24.3 Å². The second-order valence-electron chi connectivity index (χ2n) is 7.18. The number of piperidine rings is 1. The van der Waals surface area contributed by atoms with Gasteiger partial charge in [0, 0.05) is 40.0 Å². The fourth-order valence-corrected chi connectivity index (χ4v) is 3.45. The van der Waals surface area contributed by atoms with Gasteiger partial charge in [-0.3, -0.25) is 0 Å². The molecule has 1 aromatic carbocycles. The lowest BCUT2D eigenvalue weighted by atomic mass is 10.1. The predicted octanol–water partition coefficient (Wildman–Crippen LogP) is 4.60. The Bertz CT molecular complexity index is 613. The average molecular weight is 554 g/mol. The normalized spacial score (nSPS) is 16.1. The molecule has 1 fully saturated rings. The number of aliphatic imine (C=N–C) groups is 1. The highest BCUT2D eigenvalue weighted by atomic mass is 127. The number of para-hydroxylation sites is 1. The van der Waals surface area contributed by atoms with Crippen molar-refractivity contribution in [1.29, 1.82) is 0 Å². The molecule has 1 aliphatic rings. The summed E-state index contributed by atoms with van der Waals surface area (Å²) in [6.07, 6.45) is 4.18. The Balaban J connectivity index is 0.00000450. The third kappa shape index (κ3) is 9.58. The van der Waals surface area contributed by atoms with Crippen LogP contribution >= 0.6 is 35.6 Å². The zero-order chi connectivity index (χ0) is 20.9. The van der Waals surface area contributed by atoms with E-state index in [-0.39, 0.29) is 30.1 Å². The Labute approximate surface area is 203 Å². The smallest absolute Gasteiger partial charge is 0.194 e. The van der Waals surface area contributed by atoms with Crippen molar-refractivity contribution in [3.05, 3.63) is 29.3 Å². The minimum atomic E-state index is -0.00906. The predicted molar refractivity (Wildman–Crippen MR) is 135 cm³/mol. The fraction of sp³-hybridized carbons (Fsp3) is 0.682. The first kappa shape index (κ1) is 27.3. The number of hydrogen-bond donors (Lipinski definition) is 1. The van der Waals surface area contributed by atoms with Crippen molar-refractivity contribution >= 4 is 41.5 Å². The molecule has 0 saturated carbocycles. The topological polar surface area (TPSA) is 55.3 Å². The summed E-state index contributed by atoms with van der Waals surface area (Å²) in [4.78, 5) is 7.17. The minimum absolute atomic E-state index is 0. The third-order valence-electron chi connectivity index (χ3n) is 4.95. The highest BCUT2D eigenvalue weighted by Crippen LogP contribution is 2.25. The summed E-state index contributed by atoms with van der Waals surface area (Å²) >= 11 is 6.23. The van der Waals surface area contributed by atoms with Gasteiger partial charge in [-0.1, -0.05) is 30.7 Å². The molecule has 1 unspecified atom stereocenters. The van der Waals surface area contributed by atoms with Crippen molar-refractivity contribution in [2.24, 2.45) is 4.99 Å². The van der Waals surface area contributed by atoms with Gasteiger partial charge in [0.25, 0.3) is 0 Å². The maximum Gasteiger partial charge on any atom is 0.194 e. The van der Waals surface area contributed by atoms with Crippen LogP contribution in [0.5, 0.6) is 5.75 Å². The van der Waals surface area contributed by atoms with E-state index in [9.17, 15) is 0 Å². The number of halogens is 2. The molecule has 0 spiro atoms. The van der Waals surface area contributed by atoms with Gasteiger partial charge in [-0.25, -0.2) is 4.99 Å². The number of benzene rings is 1. The van der Waals surface area contributed by atoms with Gasteiger partial charge in [0.2, 0.25) is 0 Å². The highest BCUT2D eigenvalue weighted by Gasteiger charge is 2.22. The molecule has 0 amide bonds. The summed E-state index contributed by atoms with van der Waals surface area (Å²) < 4.78 is 17.1. The fourth-order valence-electron chi connectivity index (χ4n) is 3.27. The maximum absolute atomic E-state index is 6.23.